The number of anilines is 1. The lowest BCUT2D eigenvalue weighted by Crippen LogP contribution is -2.12. The van der Waals surface area contributed by atoms with Crippen LogP contribution >= 0.6 is 0 Å². The quantitative estimate of drug-likeness (QED) is 0.834. The number of carbonyl (C=O) groups excluding carboxylic acids is 1. The molecule has 1 aromatic heterocycles. The van der Waals surface area contributed by atoms with E-state index in [2.05, 4.69) is 29.4 Å². The number of carbonyl (C=O) groups is 1. The molecule has 21 heavy (non-hydrogen) atoms. The Morgan fingerprint density at radius 2 is 1.90 bits per heavy atom. The minimum Gasteiger partial charge on any atom is -0.326 e. The number of aryl methyl sites for hydroxylation is 2. The Morgan fingerprint density at radius 3 is 2.57 bits per heavy atom. The van der Waals surface area contributed by atoms with Gasteiger partial charge in [0.15, 0.2) is 0 Å². The molecule has 0 saturated heterocycles. The Bertz CT molecular complexity index is 549. The molecule has 0 atom stereocenters. The summed E-state index contributed by atoms with van der Waals surface area (Å²) in [6.45, 7) is 2.19. The number of nitrogens with zero attached hydrogens (tertiary/aromatic N) is 1. The van der Waals surface area contributed by atoms with Gasteiger partial charge >= 0.3 is 0 Å². The van der Waals surface area contributed by atoms with Crippen LogP contribution in [0, 0.1) is 0 Å². The maximum Gasteiger partial charge on any atom is 0.224 e. The number of nitrogens with one attached hydrogen (secondary N) is 1. The number of amides is 1. The fourth-order valence-corrected chi connectivity index (χ4v) is 2.16. The van der Waals surface area contributed by atoms with Gasteiger partial charge in [0.25, 0.3) is 0 Å². The molecule has 2 aromatic rings. The van der Waals surface area contributed by atoms with Crippen LogP contribution in [0.4, 0.5) is 5.69 Å². The van der Waals surface area contributed by atoms with Crippen LogP contribution in [-0.2, 0) is 17.6 Å². The van der Waals surface area contributed by atoms with Gasteiger partial charge in [0.1, 0.15) is 0 Å². The number of hydrogen-bond acceptors (Lipinski definition) is 2. The molecule has 2 rings (SSSR count). The van der Waals surface area contributed by atoms with Crippen LogP contribution in [0.3, 0.4) is 0 Å². The Morgan fingerprint density at radius 1 is 1.10 bits per heavy atom. The number of pyridine rings is 1. The molecular formula is C18H22N2O. The first-order valence-corrected chi connectivity index (χ1v) is 7.55. The fraction of sp³-hybridized carbons (Fsp3) is 0.333. The van der Waals surface area contributed by atoms with E-state index in [4.69, 9.17) is 0 Å². The third kappa shape index (κ3) is 5.38. The molecule has 0 unspecified atom stereocenters. The van der Waals surface area contributed by atoms with Crippen LogP contribution in [0.1, 0.15) is 37.3 Å². The zero-order chi connectivity index (χ0) is 14.9. The number of aromatic nitrogens is 1. The maximum atomic E-state index is 11.9. The van der Waals surface area contributed by atoms with Crippen molar-refractivity contribution in [1.82, 2.24) is 4.98 Å². The molecule has 1 aromatic carbocycles. The van der Waals surface area contributed by atoms with Crippen LogP contribution in [0.25, 0.3) is 0 Å². The van der Waals surface area contributed by atoms with Gasteiger partial charge < -0.3 is 5.32 Å². The standard InChI is InChI=1S/C18H22N2O/c1-2-3-5-15-7-10-17(11-8-15)20-18(21)12-9-16-6-4-13-19-14-16/h4,6-8,10-11,13-14H,2-3,5,9,12H2,1H3,(H,20,21). The average Bonchev–Trinajstić information content (AvgIpc) is 2.53. The van der Waals surface area contributed by atoms with E-state index in [9.17, 15) is 4.79 Å². The molecule has 0 saturated carbocycles. The zero-order valence-corrected chi connectivity index (χ0v) is 12.5. The lowest BCUT2D eigenvalue weighted by atomic mass is 10.1. The highest BCUT2D eigenvalue weighted by atomic mass is 16.1. The van der Waals surface area contributed by atoms with Crippen molar-refractivity contribution in [2.24, 2.45) is 0 Å². The first-order valence-electron chi connectivity index (χ1n) is 7.55. The molecule has 3 nitrogen and oxygen atoms in total. The van der Waals surface area contributed by atoms with Crippen molar-refractivity contribution in [1.29, 1.82) is 0 Å². The van der Waals surface area contributed by atoms with Gasteiger partial charge in [0.05, 0.1) is 0 Å². The van der Waals surface area contributed by atoms with E-state index >= 15 is 0 Å². The highest BCUT2D eigenvalue weighted by Gasteiger charge is 2.03. The first kappa shape index (κ1) is 15.2. The molecule has 0 aliphatic heterocycles. The summed E-state index contributed by atoms with van der Waals surface area (Å²) >= 11 is 0. The molecule has 0 bridgehead atoms. The monoisotopic (exact) mass is 282 g/mol. The summed E-state index contributed by atoms with van der Waals surface area (Å²) in [7, 11) is 0. The summed E-state index contributed by atoms with van der Waals surface area (Å²) in [4.78, 5) is 16.0. The molecular weight excluding hydrogens is 260 g/mol. The van der Waals surface area contributed by atoms with Crippen molar-refractivity contribution in [2.45, 2.75) is 39.0 Å². The Labute approximate surface area is 126 Å². The summed E-state index contributed by atoms with van der Waals surface area (Å²) in [5.74, 6) is 0.0418. The topological polar surface area (TPSA) is 42.0 Å². The highest BCUT2D eigenvalue weighted by molar-refractivity contribution is 5.90. The van der Waals surface area contributed by atoms with Crippen LogP contribution in [0.15, 0.2) is 48.8 Å². The minimum absolute atomic E-state index is 0.0418. The number of unbranched alkanes of at least 4 members (excludes halogenated alkanes) is 1. The first-order chi connectivity index (χ1) is 10.3. The lowest BCUT2D eigenvalue weighted by molar-refractivity contribution is -0.116. The van der Waals surface area contributed by atoms with E-state index in [1.54, 1.807) is 12.4 Å². The van der Waals surface area contributed by atoms with Gasteiger partial charge in [-0.2, -0.15) is 0 Å². The van der Waals surface area contributed by atoms with Crippen molar-refractivity contribution in [3.05, 3.63) is 59.9 Å². The van der Waals surface area contributed by atoms with Crippen molar-refractivity contribution >= 4 is 11.6 Å². The van der Waals surface area contributed by atoms with Gasteiger partial charge in [-0.1, -0.05) is 31.5 Å². The van der Waals surface area contributed by atoms with Gasteiger partial charge in [-0.05, 0) is 48.6 Å². The molecule has 0 spiro atoms. The van der Waals surface area contributed by atoms with Crippen LogP contribution in [0.5, 0.6) is 0 Å². The third-order valence-corrected chi connectivity index (χ3v) is 3.42. The average molecular weight is 282 g/mol. The SMILES string of the molecule is CCCCc1ccc(NC(=O)CCc2cccnc2)cc1. The molecule has 0 aliphatic rings. The molecule has 0 fully saturated rings. The second-order valence-electron chi connectivity index (χ2n) is 5.21. The van der Waals surface area contributed by atoms with E-state index in [1.807, 2.05) is 24.3 Å². The molecule has 0 aliphatic carbocycles. The summed E-state index contributed by atoms with van der Waals surface area (Å²) in [5.41, 5.74) is 3.28. The number of rotatable bonds is 7. The smallest absolute Gasteiger partial charge is 0.224 e. The maximum absolute atomic E-state index is 11.9. The second-order valence-corrected chi connectivity index (χ2v) is 5.21. The molecule has 1 heterocycles. The molecule has 110 valence electrons. The number of hydrogen-bond donors (Lipinski definition) is 1. The van der Waals surface area contributed by atoms with Crippen molar-refractivity contribution in [2.75, 3.05) is 5.32 Å². The van der Waals surface area contributed by atoms with Crippen LogP contribution < -0.4 is 5.32 Å². The van der Waals surface area contributed by atoms with Crippen LogP contribution in [-0.4, -0.2) is 10.9 Å². The summed E-state index contributed by atoms with van der Waals surface area (Å²) in [5, 5.41) is 2.94. The van der Waals surface area contributed by atoms with E-state index in [0.717, 1.165) is 17.7 Å². The molecule has 1 N–H and O–H groups in total. The summed E-state index contributed by atoms with van der Waals surface area (Å²) < 4.78 is 0. The van der Waals surface area contributed by atoms with E-state index in [1.165, 1.54) is 18.4 Å². The van der Waals surface area contributed by atoms with E-state index in [-0.39, 0.29) is 5.91 Å². The molecule has 3 heteroatoms. The second kappa shape index (κ2) is 8.20. The van der Waals surface area contributed by atoms with Gasteiger partial charge in [0.2, 0.25) is 5.91 Å². The Balaban J connectivity index is 1.79. The largest absolute Gasteiger partial charge is 0.326 e. The van der Waals surface area contributed by atoms with Crippen molar-refractivity contribution < 1.29 is 4.79 Å². The predicted molar refractivity (Wildman–Crippen MR) is 86.2 cm³/mol. The van der Waals surface area contributed by atoms with E-state index < -0.39 is 0 Å². The van der Waals surface area contributed by atoms with Crippen molar-refractivity contribution in [3.63, 3.8) is 0 Å². The van der Waals surface area contributed by atoms with Crippen molar-refractivity contribution in [3.8, 4) is 0 Å². The van der Waals surface area contributed by atoms with Crippen LogP contribution in [0.2, 0.25) is 0 Å². The Hall–Kier alpha value is -2.16. The predicted octanol–water partition coefficient (Wildman–Crippen LogP) is 4.00. The normalized spacial score (nSPS) is 10.3. The minimum atomic E-state index is 0.0418. The summed E-state index contributed by atoms with van der Waals surface area (Å²) in [6.07, 6.45) is 8.24. The fourth-order valence-electron chi connectivity index (χ4n) is 2.16. The summed E-state index contributed by atoms with van der Waals surface area (Å²) in [6, 6.07) is 12.0. The highest BCUT2D eigenvalue weighted by Crippen LogP contribution is 2.12. The van der Waals surface area contributed by atoms with E-state index in [0.29, 0.717) is 12.8 Å². The van der Waals surface area contributed by atoms with Gasteiger partial charge in [-0.15, -0.1) is 0 Å². The lowest BCUT2D eigenvalue weighted by Gasteiger charge is -2.06. The number of benzene rings is 1. The van der Waals surface area contributed by atoms with Gasteiger partial charge in [-0.25, -0.2) is 0 Å². The zero-order valence-electron chi connectivity index (χ0n) is 12.5. The molecule has 1 amide bonds. The van der Waals surface area contributed by atoms with Gasteiger partial charge in [0, 0.05) is 24.5 Å². The molecule has 0 radical (unpaired) electrons. The van der Waals surface area contributed by atoms with Gasteiger partial charge in [-0.3, -0.25) is 9.78 Å². The Kier molecular flexibility index (Phi) is 5.95. The third-order valence-electron chi connectivity index (χ3n) is 3.42.